The van der Waals surface area contributed by atoms with Gasteiger partial charge in [-0.05, 0) is 31.2 Å². The zero-order chi connectivity index (χ0) is 18.6. The molecule has 0 unspecified atom stereocenters. The van der Waals surface area contributed by atoms with Gasteiger partial charge in [0.2, 0.25) is 5.91 Å². The topological polar surface area (TPSA) is 66.7 Å². The maximum Gasteiger partial charge on any atom is 0.269 e. The number of anilines is 1. The van der Waals surface area contributed by atoms with Gasteiger partial charge in [0.15, 0.2) is 0 Å². The maximum absolute atomic E-state index is 11.8. The van der Waals surface area contributed by atoms with Crippen molar-refractivity contribution in [2.75, 3.05) is 19.0 Å². The number of hydrogen-bond acceptors (Lipinski definition) is 4. The lowest BCUT2D eigenvalue weighted by Crippen LogP contribution is -2.28. The van der Waals surface area contributed by atoms with Crippen molar-refractivity contribution in [2.45, 2.75) is 26.4 Å². The minimum absolute atomic E-state index is 0.0238. The Morgan fingerprint density at radius 3 is 2.36 bits per heavy atom. The Balaban J connectivity index is 2.37. The number of benzene rings is 2. The second kappa shape index (κ2) is 7.90. The van der Waals surface area contributed by atoms with Crippen molar-refractivity contribution in [1.29, 1.82) is 0 Å². The fourth-order valence-electron chi connectivity index (χ4n) is 2.71. The molecule has 0 heterocycles. The van der Waals surface area contributed by atoms with E-state index in [1.165, 1.54) is 17.9 Å². The molecule has 6 nitrogen and oxygen atoms in total. The molecule has 0 aliphatic heterocycles. The van der Waals surface area contributed by atoms with Crippen LogP contribution in [0.5, 0.6) is 0 Å². The number of non-ortho nitro benzene ring substituents is 1. The van der Waals surface area contributed by atoms with E-state index < -0.39 is 4.92 Å². The summed E-state index contributed by atoms with van der Waals surface area (Å²) in [6, 6.07) is 14.5. The molecule has 0 aliphatic carbocycles. The molecule has 2 aromatic rings. The Hall–Kier alpha value is -2.73. The molecule has 2 rings (SSSR count). The molecule has 25 heavy (non-hydrogen) atoms. The summed E-state index contributed by atoms with van der Waals surface area (Å²) < 4.78 is 0. The molecule has 0 aliphatic rings. The molecule has 0 aromatic heterocycles. The van der Waals surface area contributed by atoms with E-state index in [0.29, 0.717) is 12.2 Å². The maximum atomic E-state index is 11.8. The van der Waals surface area contributed by atoms with Crippen LogP contribution < -0.4 is 4.90 Å². The molecule has 0 fully saturated rings. The van der Waals surface area contributed by atoms with Crippen LogP contribution in [-0.4, -0.2) is 29.8 Å². The first kappa shape index (κ1) is 18.6. The lowest BCUT2D eigenvalue weighted by atomic mass is 10.0. The first-order valence-corrected chi connectivity index (χ1v) is 8.08. The van der Waals surface area contributed by atoms with E-state index in [1.807, 2.05) is 44.3 Å². The van der Waals surface area contributed by atoms with E-state index in [-0.39, 0.29) is 17.6 Å². The van der Waals surface area contributed by atoms with Crippen LogP contribution in [0.25, 0.3) is 0 Å². The van der Waals surface area contributed by atoms with Crippen LogP contribution in [0.3, 0.4) is 0 Å². The summed E-state index contributed by atoms with van der Waals surface area (Å²) in [5.74, 6) is -0.118. The molecule has 0 N–H and O–H groups in total. The Morgan fingerprint density at radius 1 is 1.16 bits per heavy atom. The normalized spacial score (nSPS) is 12.0. The number of nitro groups is 1. The lowest BCUT2D eigenvalue weighted by molar-refractivity contribution is -0.384. The van der Waals surface area contributed by atoms with Crippen molar-refractivity contribution in [3.8, 4) is 0 Å². The fraction of sp³-hybridized carbons (Fsp3) is 0.316. The van der Waals surface area contributed by atoms with Gasteiger partial charge in [0, 0.05) is 44.4 Å². The minimum Gasteiger partial charge on any atom is -0.315 e. The number of carbonyl (C=O) groups excluding carboxylic acids is 1. The van der Waals surface area contributed by atoms with Crippen LogP contribution in [0.4, 0.5) is 11.4 Å². The highest BCUT2D eigenvalue weighted by Crippen LogP contribution is 2.33. The predicted octanol–water partition coefficient (Wildman–Crippen LogP) is 3.77. The molecule has 2 aromatic carbocycles. The second-order valence-electron chi connectivity index (χ2n) is 6.15. The molecule has 0 bridgehead atoms. The van der Waals surface area contributed by atoms with Gasteiger partial charge >= 0.3 is 0 Å². The standard InChI is InChI=1S/C19H23N3O3/c1-14(20(3)13-16-8-6-5-7-9-16)18-12-17(22(24)25)10-11-19(18)21(4)15(2)23/h5-12,14H,13H2,1-4H3/t14-/m0/s1. The van der Waals surface area contributed by atoms with Crippen molar-refractivity contribution in [3.05, 3.63) is 69.8 Å². The fourth-order valence-corrected chi connectivity index (χ4v) is 2.71. The number of amides is 1. The van der Waals surface area contributed by atoms with Crippen LogP contribution >= 0.6 is 0 Å². The number of rotatable bonds is 6. The van der Waals surface area contributed by atoms with Gasteiger partial charge in [-0.25, -0.2) is 0 Å². The highest BCUT2D eigenvalue weighted by molar-refractivity contribution is 5.92. The first-order valence-electron chi connectivity index (χ1n) is 8.08. The summed E-state index contributed by atoms with van der Waals surface area (Å²) >= 11 is 0. The third kappa shape index (κ3) is 4.42. The molecule has 1 amide bonds. The molecular weight excluding hydrogens is 318 g/mol. The Morgan fingerprint density at radius 2 is 1.80 bits per heavy atom. The molecule has 0 saturated carbocycles. The van der Waals surface area contributed by atoms with Crippen LogP contribution in [0.15, 0.2) is 48.5 Å². The van der Waals surface area contributed by atoms with Crippen molar-refractivity contribution >= 4 is 17.3 Å². The predicted molar refractivity (Wildman–Crippen MR) is 98.5 cm³/mol. The molecule has 6 heteroatoms. The Kier molecular flexibility index (Phi) is 5.88. The molecule has 132 valence electrons. The lowest BCUT2D eigenvalue weighted by Gasteiger charge is -2.29. The van der Waals surface area contributed by atoms with Gasteiger partial charge in [0.05, 0.1) is 4.92 Å². The highest BCUT2D eigenvalue weighted by Gasteiger charge is 2.22. The van der Waals surface area contributed by atoms with Gasteiger partial charge in [-0.15, -0.1) is 0 Å². The monoisotopic (exact) mass is 341 g/mol. The largest absolute Gasteiger partial charge is 0.315 e. The SMILES string of the molecule is CC(=O)N(C)c1ccc([N+](=O)[O-])cc1[C@H](C)N(C)Cc1ccccc1. The van der Waals surface area contributed by atoms with Crippen LogP contribution in [-0.2, 0) is 11.3 Å². The average molecular weight is 341 g/mol. The summed E-state index contributed by atoms with van der Waals surface area (Å²) in [7, 11) is 3.64. The van der Waals surface area contributed by atoms with Gasteiger partial charge in [0.1, 0.15) is 0 Å². The molecular formula is C19H23N3O3. The molecule has 1 atom stereocenters. The summed E-state index contributed by atoms with van der Waals surface area (Å²) in [6.45, 7) is 4.16. The second-order valence-corrected chi connectivity index (χ2v) is 6.15. The Labute approximate surface area is 147 Å². The highest BCUT2D eigenvalue weighted by atomic mass is 16.6. The minimum atomic E-state index is -0.412. The smallest absolute Gasteiger partial charge is 0.269 e. The van der Waals surface area contributed by atoms with Crippen molar-refractivity contribution < 1.29 is 9.72 Å². The quantitative estimate of drug-likeness (QED) is 0.592. The van der Waals surface area contributed by atoms with Crippen molar-refractivity contribution in [2.24, 2.45) is 0 Å². The van der Waals surface area contributed by atoms with E-state index in [2.05, 4.69) is 4.90 Å². The Bertz CT molecular complexity index is 762. The number of carbonyl (C=O) groups is 1. The van der Waals surface area contributed by atoms with Crippen molar-refractivity contribution in [1.82, 2.24) is 4.90 Å². The van der Waals surface area contributed by atoms with Gasteiger partial charge in [0.25, 0.3) is 5.69 Å². The third-order valence-electron chi connectivity index (χ3n) is 4.44. The first-order chi connectivity index (χ1) is 11.8. The number of nitro benzene ring substituents is 1. The zero-order valence-corrected chi connectivity index (χ0v) is 15.0. The summed E-state index contributed by atoms with van der Waals surface area (Å²) in [5.41, 5.74) is 2.62. The summed E-state index contributed by atoms with van der Waals surface area (Å²) in [4.78, 5) is 26.2. The van der Waals surface area contributed by atoms with Gasteiger partial charge in [-0.3, -0.25) is 19.8 Å². The molecule has 0 spiro atoms. The third-order valence-corrected chi connectivity index (χ3v) is 4.44. The van der Waals surface area contributed by atoms with Crippen LogP contribution in [0, 0.1) is 10.1 Å². The van der Waals surface area contributed by atoms with Crippen molar-refractivity contribution in [3.63, 3.8) is 0 Å². The zero-order valence-electron chi connectivity index (χ0n) is 15.0. The van der Waals surface area contributed by atoms with Crippen LogP contribution in [0.2, 0.25) is 0 Å². The summed E-state index contributed by atoms with van der Waals surface area (Å²) in [6.07, 6.45) is 0. The van der Waals surface area contributed by atoms with Gasteiger partial charge in [-0.2, -0.15) is 0 Å². The number of hydrogen-bond donors (Lipinski definition) is 0. The van der Waals surface area contributed by atoms with Gasteiger partial charge in [-0.1, -0.05) is 30.3 Å². The molecule has 0 saturated heterocycles. The van der Waals surface area contributed by atoms with E-state index in [4.69, 9.17) is 0 Å². The van der Waals surface area contributed by atoms with E-state index in [9.17, 15) is 14.9 Å². The summed E-state index contributed by atoms with van der Waals surface area (Å²) in [5, 5.41) is 11.2. The van der Waals surface area contributed by atoms with Crippen LogP contribution in [0.1, 0.15) is 31.0 Å². The van der Waals surface area contributed by atoms with Gasteiger partial charge < -0.3 is 4.90 Å². The average Bonchev–Trinajstić information content (AvgIpc) is 2.60. The molecule has 0 radical (unpaired) electrons. The van der Waals surface area contributed by atoms with E-state index in [0.717, 1.165) is 11.1 Å². The van der Waals surface area contributed by atoms with E-state index in [1.54, 1.807) is 19.2 Å². The van der Waals surface area contributed by atoms with E-state index >= 15 is 0 Å². The number of nitrogens with zero attached hydrogens (tertiary/aromatic N) is 3.